The van der Waals surface area contributed by atoms with Crippen molar-refractivity contribution in [3.05, 3.63) is 34.9 Å². The van der Waals surface area contributed by atoms with Gasteiger partial charge in [0, 0.05) is 32.0 Å². The first-order valence-electron chi connectivity index (χ1n) is 9.88. The van der Waals surface area contributed by atoms with Crippen LogP contribution in [0, 0.1) is 18.8 Å². The number of hydrogen-bond acceptors (Lipinski definition) is 4. The van der Waals surface area contributed by atoms with Gasteiger partial charge in [-0.25, -0.2) is 4.31 Å². The van der Waals surface area contributed by atoms with E-state index >= 15 is 0 Å². The number of amides is 1. The molecule has 1 amide bonds. The third-order valence-corrected chi connectivity index (χ3v) is 6.77. The number of carbonyl (C=O) groups is 2. The molecule has 2 heterocycles. The Morgan fingerprint density at radius 3 is 2.62 bits per heavy atom. The molecule has 0 saturated carbocycles. The predicted octanol–water partition coefficient (Wildman–Crippen LogP) is 2.83. The van der Waals surface area contributed by atoms with Crippen LogP contribution in [0.1, 0.15) is 42.4 Å². The van der Waals surface area contributed by atoms with Crippen molar-refractivity contribution in [1.82, 2.24) is 9.21 Å². The van der Waals surface area contributed by atoms with Gasteiger partial charge in [0.2, 0.25) is 5.91 Å². The second-order valence-corrected chi connectivity index (χ2v) is 8.77. The quantitative estimate of drug-likeness (QED) is 0.827. The molecule has 2 aliphatic heterocycles. The number of ketones is 1. The molecule has 3 aliphatic rings. The molecule has 2 unspecified atom stereocenters. The minimum atomic E-state index is -0.366. The van der Waals surface area contributed by atoms with Crippen molar-refractivity contribution in [2.75, 3.05) is 19.6 Å². The number of thiol groups is 1. The average Bonchev–Trinajstić information content (AvgIpc) is 3.32. The number of Topliss-reactive ketones (excluding diaryl/α,β-unsaturated/α-hetero) is 1. The lowest BCUT2D eigenvalue weighted by atomic mass is 9.87. The van der Waals surface area contributed by atoms with Crippen molar-refractivity contribution in [2.24, 2.45) is 11.8 Å². The van der Waals surface area contributed by atoms with Gasteiger partial charge in [-0.3, -0.25) is 9.59 Å². The van der Waals surface area contributed by atoms with E-state index in [0.717, 1.165) is 45.2 Å². The van der Waals surface area contributed by atoms with Gasteiger partial charge >= 0.3 is 0 Å². The number of fused-ring (bicyclic) bond motifs is 1. The summed E-state index contributed by atoms with van der Waals surface area (Å²) in [6, 6.07) is 6.25. The summed E-state index contributed by atoms with van der Waals surface area (Å²) in [5.74, 6) is 0.564. The fourth-order valence-electron chi connectivity index (χ4n) is 4.96. The Morgan fingerprint density at radius 2 is 1.85 bits per heavy atom. The monoisotopic (exact) mass is 372 g/mol. The van der Waals surface area contributed by atoms with Crippen molar-refractivity contribution < 1.29 is 9.59 Å². The Kier molecular flexibility index (Phi) is 5.11. The normalized spacial score (nSPS) is 28.5. The molecule has 3 atom stereocenters. The molecule has 2 fully saturated rings. The zero-order valence-electron chi connectivity index (χ0n) is 15.5. The number of aryl methyl sites for hydroxylation is 1. The lowest BCUT2D eigenvalue weighted by molar-refractivity contribution is -0.138. The molecule has 0 spiro atoms. The minimum absolute atomic E-state index is 0.110. The molecule has 1 aromatic carbocycles. The molecule has 4 rings (SSSR count). The predicted molar refractivity (Wildman–Crippen MR) is 105 cm³/mol. The van der Waals surface area contributed by atoms with E-state index < -0.39 is 0 Å². The lowest BCUT2D eigenvalue weighted by Gasteiger charge is -2.27. The maximum absolute atomic E-state index is 13.1. The zero-order chi connectivity index (χ0) is 18.3. The highest BCUT2D eigenvalue weighted by Gasteiger charge is 2.44. The van der Waals surface area contributed by atoms with Crippen molar-refractivity contribution >= 4 is 24.5 Å². The van der Waals surface area contributed by atoms with Gasteiger partial charge in [-0.1, -0.05) is 36.6 Å². The molecular formula is C21H28N2O2S. The van der Waals surface area contributed by atoms with E-state index in [0.29, 0.717) is 18.9 Å². The molecule has 140 valence electrons. The van der Waals surface area contributed by atoms with Gasteiger partial charge in [-0.2, -0.15) is 0 Å². The lowest BCUT2D eigenvalue weighted by Crippen LogP contribution is -2.46. The number of rotatable bonds is 4. The molecule has 5 heteroatoms. The van der Waals surface area contributed by atoms with Crippen molar-refractivity contribution in [1.29, 1.82) is 0 Å². The van der Waals surface area contributed by atoms with Gasteiger partial charge < -0.3 is 4.90 Å². The Morgan fingerprint density at radius 1 is 1.12 bits per heavy atom. The third kappa shape index (κ3) is 3.44. The first kappa shape index (κ1) is 18.1. The Bertz CT molecular complexity index is 714. The highest BCUT2D eigenvalue weighted by molar-refractivity contribution is 7.77. The summed E-state index contributed by atoms with van der Waals surface area (Å²) >= 11 is 4.51. The van der Waals surface area contributed by atoms with Gasteiger partial charge in [0.05, 0.1) is 0 Å². The van der Waals surface area contributed by atoms with Crippen LogP contribution in [-0.4, -0.2) is 46.6 Å². The standard InChI is InChI=1S/C21H28N2O2S/c1-14-4-5-16-11-15(12-17(16)10-14)13-19(24)18-6-9-23(26)20(18)21(25)22-7-2-3-8-22/h4-5,10,15,18,20,26H,2-3,6-9,11-13H2,1H3/t15?,18?,20-/m1/s1. The molecule has 0 bridgehead atoms. The first-order chi connectivity index (χ1) is 12.5. The molecule has 1 aliphatic carbocycles. The van der Waals surface area contributed by atoms with Crippen LogP contribution in [0.25, 0.3) is 0 Å². The number of carbonyl (C=O) groups excluding carboxylic acids is 2. The van der Waals surface area contributed by atoms with Crippen molar-refractivity contribution in [3.8, 4) is 0 Å². The van der Waals surface area contributed by atoms with Crippen LogP contribution in [0.15, 0.2) is 18.2 Å². The van der Waals surface area contributed by atoms with Crippen LogP contribution in [0.3, 0.4) is 0 Å². The Labute approximate surface area is 161 Å². The summed E-state index contributed by atoms with van der Waals surface area (Å²) in [6.07, 6.45) is 5.47. The first-order valence-corrected chi connectivity index (χ1v) is 10.3. The Balaban J connectivity index is 1.41. The van der Waals surface area contributed by atoms with Crippen LogP contribution in [0.2, 0.25) is 0 Å². The van der Waals surface area contributed by atoms with Crippen molar-refractivity contribution in [2.45, 2.75) is 51.5 Å². The van der Waals surface area contributed by atoms with Gasteiger partial charge in [0.1, 0.15) is 11.8 Å². The van der Waals surface area contributed by atoms with E-state index in [1.54, 1.807) is 4.31 Å². The number of hydrogen-bond donors (Lipinski definition) is 1. The molecule has 0 radical (unpaired) electrons. The smallest absolute Gasteiger partial charge is 0.241 e. The highest BCUT2D eigenvalue weighted by Crippen LogP contribution is 2.34. The van der Waals surface area contributed by atoms with Gasteiger partial charge in [0.25, 0.3) is 0 Å². The summed E-state index contributed by atoms with van der Waals surface area (Å²) in [5.41, 5.74) is 4.07. The van der Waals surface area contributed by atoms with E-state index in [2.05, 4.69) is 37.9 Å². The molecular weight excluding hydrogens is 344 g/mol. The minimum Gasteiger partial charge on any atom is -0.341 e. The largest absolute Gasteiger partial charge is 0.341 e. The van der Waals surface area contributed by atoms with E-state index in [4.69, 9.17) is 0 Å². The summed E-state index contributed by atoms with van der Waals surface area (Å²) in [7, 11) is 0. The molecule has 4 nitrogen and oxygen atoms in total. The topological polar surface area (TPSA) is 40.6 Å². The summed E-state index contributed by atoms with van der Waals surface area (Å²) in [6.45, 7) is 4.49. The van der Waals surface area contributed by atoms with Crippen LogP contribution < -0.4 is 0 Å². The molecule has 2 saturated heterocycles. The van der Waals surface area contributed by atoms with Crippen molar-refractivity contribution in [3.63, 3.8) is 0 Å². The molecule has 26 heavy (non-hydrogen) atoms. The van der Waals surface area contributed by atoms with Crippen LogP contribution in [-0.2, 0) is 22.4 Å². The highest BCUT2D eigenvalue weighted by atomic mass is 32.1. The number of likely N-dealkylation sites (tertiary alicyclic amines) is 1. The van der Waals surface area contributed by atoms with Gasteiger partial charge in [0.15, 0.2) is 0 Å². The van der Waals surface area contributed by atoms with E-state index in [1.165, 1.54) is 16.7 Å². The summed E-state index contributed by atoms with van der Waals surface area (Å²) in [4.78, 5) is 27.9. The van der Waals surface area contributed by atoms with Gasteiger partial charge in [-0.05, 0) is 56.1 Å². The molecule has 0 aromatic heterocycles. The second kappa shape index (κ2) is 7.35. The van der Waals surface area contributed by atoms with E-state index in [9.17, 15) is 9.59 Å². The fraction of sp³-hybridized carbons (Fsp3) is 0.619. The SMILES string of the molecule is Cc1ccc2c(c1)CC(CC(=O)C1CCN(S)[C@H]1C(=O)N1CCCC1)C2. The number of nitrogens with zero attached hydrogens (tertiary/aromatic N) is 2. The zero-order valence-corrected chi connectivity index (χ0v) is 16.4. The van der Waals surface area contributed by atoms with E-state index in [-0.39, 0.29) is 23.7 Å². The van der Waals surface area contributed by atoms with Crippen LogP contribution in [0.4, 0.5) is 0 Å². The maximum Gasteiger partial charge on any atom is 0.241 e. The summed E-state index contributed by atoms with van der Waals surface area (Å²) in [5, 5.41) is 0. The van der Waals surface area contributed by atoms with E-state index in [1.807, 2.05) is 4.90 Å². The summed E-state index contributed by atoms with van der Waals surface area (Å²) < 4.78 is 1.80. The van der Waals surface area contributed by atoms with Crippen LogP contribution in [0.5, 0.6) is 0 Å². The second-order valence-electron chi connectivity index (χ2n) is 8.25. The van der Waals surface area contributed by atoms with Gasteiger partial charge in [-0.15, -0.1) is 0 Å². The molecule has 0 N–H and O–H groups in total. The molecule has 1 aromatic rings. The van der Waals surface area contributed by atoms with Crippen LogP contribution >= 0.6 is 12.8 Å². The Hall–Kier alpha value is -1.33. The maximum atomic E-state index is 13.1. The fourth-order valence-corrected chi connectivity index (χ4v) is 5.33. The average molecular weight is 373 g/mol. The number of benzene rings is 1. The third-order valence-electron chi connectivity index (χ3n) is 6.32.